The zero-order valence-corrected chi connectivity index (χ0v) is 15.5. The third-order valence-corrected chi connectivity index (χ3v) is 5.29. The number of carbonyl (C=O) groups excluding carboxylic acids is 1. The normalized spacial score (nSPS) is 23.0. The van der Waals surface area contributed by atoms with Gasteiger partial charge in [0, 0.05) is 37.2 Å². The standard InChI is InChI=1S/C18H24ClN3O4/c1-26-16-5-4-13(19)9-15(16)21-8-6-14(11-21)20-18(25)22-7-2-3-12(10-22)17(23)24/h4-5,9,12,14H,2-3,6-8,10-11H2,1H3,(H,20,25)(H,23,24). The molecule has 2 atom stereocenters. The first-order valence-corrected chi connectivity index (χ1v) is 9.22. The largest absolute Gasteiger partial charge is 0.495 e. The van der Waals surface area contributed by atoms with Gasteiger partial charge in [-0.2, -0.15) is 0 Å². The summed E-state index contributed by atoms with van der Waals surface area (Å²) in [5.41, 5.74) is 0.917. The molecule has 2 aliphatic rings. The van der Waals surface area contributed by atoms with Crippen molar-refractivity contribution in [3.8, 4) is 5.75 Å². The lowest BCUT2D eigenvalue weighted by Gasteiger charge is -2.31. The number of piperidine rings is 1. The van der Waals surface area contributed by atoms with Crippen molar-refractivity contribution in [2.24, 2.45) is 5.92 Å². The van der Waals surface area contributed by atoms with Gasteiger partial charge >= 0.3 is 12.0 Å². The molecule has 2 fully saturated rings. The van der Waals surface area contributed by atoms with Gasteiger partial charge in [-0.25, -0.2) is 4.79 Å². The molecule has 0 bridgehead atoms. The van der Waals surface area contributed by atoms with E-state index in [0.717, 1.165) is 30.8 Å². The molecular weight excluding hydrogens is 358 g/mol. The summed E-state index contributed by atoms with van der Waals surface area (Å²) in [4.78, 5) is 27.4. The first-order chi connectivity index (χ1) is 12.5. The number of carbonyl (C=O) groups is 2. The quantitative estimate of drug-likeness (QED) is 0.837. The molecule has 1 aromatic carbocycles. The first kappa shape index (κ1) is 18.6. The maximum atomic E-state index is 12.5. The van der Waals surface area contributed by atoms with E-state index in [2.05, 4.69) is 10.2 Å². The molecule has 2 aliphatic heterocycles. The summed E-state index contributed by atoms with van der Waals surface area (Å²) in [6, 6.07) is 5.32. The molecule has 7 nitrogen and oxygen atoms in total. The van der Waals surface area contributed by atoms with E-state index in [4.69, 9.17) is 21.4 Å². The number of hydrogen-bond donors (Lipinski definition) is 2. The predicted octanol–water partition coefficient (Wildman–Crippen LogP) is 2.43. The zero-order valence-electron chi connectivity index (χ0n) is 14.8. The van der Waals surface area contributed by atoms with E-state index in [1.165, 1.54) is 0 Å². The van der Waals surface area contributed by atoms with Gasteiger partial charge in [0.1, 0.15) is 5.75 Å². The van der Waals surface area contributed by atoms with Crippen molar-refractivity contribution >= 4 is 29.3 Å². The van der Waals surface area contributed by atoms with Crippen LogP contribution < -0.4 is 15.0 Å². The Morgan fingerprint density at radius 3 is 2.81 bits per heavy atom. The van der Waals surface area contributed by atoms with Crippen LogP contribution in [-0.4, -0.2) is 61.3 Å². The Hall–Kier alpha value is -2.15. The number of carboxylic acid groups (broad SMARTS) is 1. The van der Waals surface area contributed by atoms with Gasteiger partial charge in [0.25, 0.3) is 0 Å². The number of aliphatic carboxylic acids is 1. The van der Waals surface area contributed by atoms with Crippen LogP contribution in [-0.2, 0) is 4.79 Å². The fourth-order valence-corrected chi connectivity index (χ4v) is 3.80. The topological polar surface area (TPSA) is 82.1 Å². The number of ether oxygens (including phenoxy) is 1. The Morgan fingerprint density at radius 1 is 1.27 bits per heavy atom. The average Bonchev–Trinajstić information content (AvgIpc) is 3.10. The van der Waals surface area contributed by atoms with Gasteiger partial charge in [-0.1, -0.05) is 11.6 Å². The van der Waals surface area contributed by atoms with Crippen molar-refractivity contribution in [1.82, 2.24) is 10.2 Å². The monoisotopic (exact) mass is 381 g/mol. The summed E-state index contributed by atoms with van der Waals surface area (Å²) in [6.07, 6.45) is 2.17. The summed E-state index contributed by atoms with van der Waals surface area (Å²) in [5, 5.41) is 12.8. The average molecular weight is 382 g/mol. The first-order valence-electron chi connectivity index (χ1n) is 8.84. The molecule has 2 heterocycles. The van der Waals surface area contributed by atoms with Crippen LogP contribution in [0.4, 0.5) is 10.5 Å². The van der Waals surface area contributed by atoms with E-state index < -0.39 is 11.9 Å². The smallest absolute Gasteiger partial charge is 0.317 e. The van der Waals surface area contributed by atoms with Gasteiger partial charge in [-0.3, -0.25) is 4.79 Å². The van der Waals surface area contributed by atoms with Crippen molar-refractivity contribution in [3.05, 3.63) is 23.2 Å². The van der Waals surface area contributed by atoms with Gasteiger partial charge in [0.05, 0.1) is 18.7 Å². The number of nitrogens with zero attached hydrogens (tertiary/aromatic N) is 2. The maximum absolute atomic E-state index is 12.5. The summed E-state index contributed by atoms with van der Waals surface area (Å²) in [7, 11) is 1.62. The molecule has 2 saturated heterocycles. The second-order valence-corrected chi connectivity index (χ2v) is 7.26. The van der Waals surface area contributed by atoms with Crippen LogP contribution in [0, 0.1) is 5.92 Å². The van der Waals surface area contributed by atoms with Crippen LogP contribution in [0.15, 0.2) is 18.2 Å². The third-order valence-electron chi connectivity index (χ3n) is 5.06. The van der Waals surface area contributed by atoms with Crippen molar-refractivity contribution < 1.29 is 19.4 Å². The fraction of sp³-hybridized carbons (Fsp3) is 0.556. The Labute approximate surface area is 157 Å². The molecule has 0 spiro atoms. The van der Waals surface area contributed by atoms with Crippen LogP contribution in [0.5, 0.6) is 5.75 Å². The molecule has 8 heteroatoms. The molecule has 0 saturated carbocycles. The van der Waals surface area contributed by atoms with E-state index in [1.807, 2.05) is 12.1 Å². The van der Waals surface area contributed by atoms with E-state index in [1.54, 1.807) is 18.1 Å². The highest BCUT2D eigenvalue weighted by atomic mass is 35.5. The molecule has 2 amide bonds. The van der Waals surface area contributed by atoms with Crippen LogP contribution in [0.2, 0.25) is 5.02 Å². The van der Waals surface area contributed by atoms with E-state index >= 15 is 0 Å². The molecule has 2 unspecified atom stereocenters. The Kier molecular flexibility index (Phi) is 5.76. The summed E-state index contributed by atoms with van der Waals surface area (Å²) < 4.78 is 5.41. The predicted molar refractivity (Wildman–Crippen MR) is 99.1 cm³/mol. The summed E-state index contributed by atoms with van der Waals surface area (Å²) in [5.74, 6) is -0.547. The Morgan fingerprint density at radius 2 is 2.08 bits per heavy atom. The maximum Gasteiger partial charge on any atom is 0.317 e. The molecule has 0 radical (unpaired) electrons. The molecule has 3 rings (SSSR count). The molecule has 142 valence electrons. The highest BCUT2D eigenvalue weighted by Gasteiger charge is 2.31. The third kappa shape index (κ3) is 4.15. The van der Waals surface area contributed by atoms with Crippen molar-refractivity contribution in [1.29, 1.82) is 0 Å². The number of rotatable bonds is 4. The number of urea groups is 1. The number of halogens is 1. The number of anilines is 1. The minimum absolute atomic E-state index is 0.0105. The molecule has 0 aliphatic carbocycles. The van der Waals surface area contributed by atoms with E-state index in [0.29, 0.717) is 24.5 Å². The number of nitrogens with one attached hydrogen (secondary N) is 1. The highest BCUT2D eigenvalue weighted by Crippen LogP contribution is 2.33. The lowest BCUT2D eigenvalue weighted by atomic mass is 9.99. The van der Waals surface area contributed by atoms with Gasteiger partial charge in [0.15, 0.2) is 0 Å². The lowest BCUT2D eigenvalue weighted by molar-refractivity contribution is -0.143. The molecule has 0 aromatic heterocycles. The van der Waals surface area contributed by atoms with E-state index in [9.17, 15) is 9.59 Å². The Bertz CT molecular complexity index is 684. The van der Waals surface area contributed by atoms with Crippen molar-refractivity contribution in [2.45, 2.75) is 25.3 Å². The van der Waals surface area contributed by atoms with Crippen molar-refractivity contribution in [3.63, 3.8) is 0 Å². The second-order valence-electron chi connectivity index (χ2n) is 6.82. The number of carboxylic acids is 1. The van der Waals surface area contributed by atoms with E-state index in [-0.39, 0.29) is 18.6 Å². The van der Waals surface area contributed by atoms with Crippen LogP contribution in [0.3, 0.4) is 0 Å². The number of likely N-dealkylation sites (tertiary alicyclic amines) is 1. The molecular formula is C18H24ClN3O4. The van der Waals surface area contributed by atoms with Crippen molar-refractivity contribution in [2.75, 3.05) is 38.2 Å². The molecule has 26 heavy (non-hydrogen) atoms. The fourth-order valence-electron chi connectivity index (χ4n) is 3.64. The van der Waals surface area contributed by atoms with Gasteiger partial charge in [-0.05, 0) is 37.5 Å². The number of benzene rings is 1. The summed E-state index contributed by atoms with van der Waals surface area (Å²) >= 11 is 6.11. The highest BCUT2D eigenvalue weighted by molar-refractivity contribution is 6.30. The Balaban J connectivity index is 1.58. The van der Waals surface area contributed by atoms with Crippen LogP contribution >= 0.6 is 11.6 Å². The lowest BCUT2D eigenvalue weighted by Crippen LogP contribution is -2.50. The number of methoxy groups -OCH3 is 1. The van der Waals surface area contributed by atoms with Crippen LogP contribution in [0.25, 0.3) is 0 Å². The minimum Gasteiger partial charge on any atom is -0.495 e. The molecule has 2 N–H and O–H groups in total. The minimum atomic E-state index is -0.831. The van der Waals surface area contributed by atoms with Gasteiger partial charge < -0.3 is 25.0 Å². The van der Waals surface area contributed by atoms with Gasteiger partial charge in [-0.15, -0.1) is 0 Å². The second kappa shape index (κ2) is 8.03. The summed E-state index contributed by atoms with van der Waals surface area (Å²) in [6.45, 7) is 2.34. The number of amides is 2. The number of hydrogen-bond acceptors (Lipinski definition) is 4. The van der Waals surface area contributed by atoms with Crippen LogP contribution in [0.1, 0.15) is 19.3 Å². The SMILES string of the molecule is COc1ccc(Cl)cc1N1CCC(NC(=O)N2CCCC(C(=O)O)C2)C1. The van der Waals surface area contributed by atoms with Gasteiger partial charge in [0.2, 0.25) is 0 Å². The molecule has 1 aromatic rings. The zero-order chi connectivity index (χ0) is 18.7.